The molecule has 0 aromatic heterocycles. The zero-order valence-electron chi connectivity index (χ0n) is 14.7. The van der Waals surface area contributed by atoms with Crippen LogP contribution in [0.4, 0.5) is 5.69 Å². The van der Waals surface area contributed by atoms with Crippen LogP contribution in [-0.4, -0.2) is 48.9 Å². The standard InChI is InChI=1S/C19H24N2O4/c1-3-20-12-13(11-17(20)22)18(23)21-10-9-15(19(24)25-4-2)14-7-5-6-8-16(14)21/h5-8,13,15H,3-4,9-12H2,1-2H3. The number of rotatable bonds is 4. The Morgan fingerprint density at radius 3 is 2.68 bits per heavy atom. The third-order valence-electron chi connectivity index (χ3n) is 5.03. The first-order valence-electron chi connectivity index (χ1n) is 8.91. The van der Waals surface area contributed by atoms with Crippen LogP contribution in [0, 0.1) is 5.92 Å². The molecule has 134 valence electrons. The number of fused-ring (bicyclic) bond motifs is 1. The molecule has 0 saturated carbocycles. The van der Waals surface area contributed by atoms with E-state index in [0.29, 0.717) is 32.7 Å². The van der Waals surface area contributed by atoms with E-state index in [2.05, 4.69) is 0 Å². The number of amides is 2. The number of likely N-dealkylation sites (tertiary alicyclic amines) is 1. The van der Waals surface area contributed by atoms with E-state index in [1.807, 2.05) is 31.2 Å². The number of hydrogen-bond donors (Lipinski definition) is 0. The molecule has 0 N–H and O–H groups in total. The highest BCUT2D eigenvalue weighted by Gasteiger charge is 2.39. The third kappa shape index (κ3) is 3.25. The predicted molar refractivity (Wildman–Crippen MR) is 93.1 cm³/mol. The van der Waals surface area contributed by atoms with Crippen molar-refractivity contribution in [3.8, 4) is 0 Å². The second kappa shape index (κ2) is 7.25. The van der Waals surface area contributed by atoms with Crippen LogP contribution in [0.15, 0.2) is 24.3 Å². The van der Waals surface area contributed by atoms with Gasteiger partial charge in [-0.1, -0.05) is 18.2 Å². The molecule has 6 nitrogen and oxygen atoms in total. The summed E-state index contributed by atoms with van der Waals surface area (Å²) in [7, 11) is 0. The summed E-state index contributed by atoms with van der Waals surface area (Å²) in [6, 6.07) is 7.49. The number of carbonyl (C=O) groups excluding carboxylic acids is 3. The van der Waals surface area contributed by atoms with E-state index in [0.717, 1.165) is 11.3 Å². The van der Waals surface area contributed by atoms with Gasteiger partial charge in [0.05, 0.1) is 18.4 Å². The molecule has 1 aromatic carbocycles. The Kier molecular flexibility index (Phi) is 5.06. The number of hydrogen-bond acceptors (Lipinski definition) is 4. The first-order valence-corrected chi connectivity index (χ1v) is 8.91. The summed E-state index contributed by atoms with van der Waals surface area (Å²) < 4.78 is 5.18. The van der Waals surface area contributed by atoms with Gasteiger partial charge in [-0.15, -0.1) is 0 Å². The first-order chi connectivity index (χ1) is 12.1. The largest absolute Gasteiger partial charge is 0.466 e. The molecule has 1 saturated heterocycles. The van der Waals surface area contributed by atoms with Crippen LogP contribution in [0.3, 0.4) is 0 Å². The second-order valence-corrected chi connectivity index (χ2v) is 6.48. The van der Waals surface area contributed by atoms with Gasteiger partial charge in [0.25, 0.3) is 0 Å². The molecular weight excluding hydrogens is 320 g/mol. The van der Waals surface area contributed by atoms with Gasteiger partial charge in [-0.2, -0.15) is 0 Å². The second-order valence-electron chi connectivity index (χ2n) is 6.48. The summed E-state index contributed by atoms with van der Waals surface area (Å²) >= 11 is 0. The molecule has 1 aromatic rings. The number of para-hydroxylation sites is 1. The number of anilines is 1. The predicted octanol–water partition coefficient (Wildman–Crippen LogP) is 1.94. The van der Waals surface area contributed by atoms with Crippen molar-refractivity contribution < 1.29 is 19.1 Å². The van der Waals surface area contributed by atoms with Crippen molar-refractivity contribution in [1.29, 1.82) is 0 Å². The normalized spacial score (nSPS) is 22.7. The maximum Gasteiger partial charge on any atom is 0.313 e. The Bertz CT molecular complexity index is 688. The molecule has 3 rings (SSSR count). The van der Waals surface area contributed by atoms with Gasteiger partial charge in [0.2, 0.25) is 11.8 Å². The minimum atomic E-state index is -0.336. The van der Waals surface area contributed by atoms with Crippen molar-refractivity contribution in [1.82, 2.24) is 4.90 Å². The fourth-order valence-corrected chi connectivity index (χ4v) is 3.74. The Morgan fingerprint density at radius 1 is 1.24 bits per heavy atom. The van der Waals surface area contributed by atoms with Gasteiger partial charge in [-0.05, 0) is 31.9 Å². The third-order valence-corrected chi connectivity index (χ3v) is 5.03. The minimum Gasteiger partial charge on any atom is -0.466 e. The van der Waals surface area contributed by atoms with Gasteiger partial charge in [0, 0.05) is 31.7 Å². The summed E-state index contributed by atoms with van der Waals surface area (Å²) in [5, 5.41) is 0. The highest BCUT2D eigenvalue weighted by molar-refractivity contribution is 6.01. The Morgan fingerprint density at radius 2 is 2.00 bits per heavy atom. The van der Waals surface area contributed by atoms with Crippen molar-refractivity contribution in [2.45, 2.75) is 32.6 Å². The molecule has 2 amide bonds. The van der Waals surface area contributed by atoms with E-state index in [1.165, 1.54) is 0 Å². The highest BCUT2D eigenvalue weighted by atomic mass is 16.5. The van der Waals surface area contributed by atoms with Crippen LogP contribution in [0.1, 0.15) is 38.2 Å². The van der Waals surface area contributed by atoms with Crippen molar-refractivity contribution in [3.05, 3.63) is 29.8 Å². The van der Waals surface area contributed by atoms with E-state index in [1.54, 1.807) is 16.7 Å². The van der Waals surface area contributed by atoms with Crippen molar-refractivity contribution in [2.24, 2.45) is 5.92 Å². The van der Waals surface area contributed by atoms with Crippen LogP contribution in [0.25, 0.3) is 0 Å². The Balaban J connectivity index is 1.84. The summed E-state index contributed by atoms with van der Waals surface area (Å²) in [4.78, 5) is 40.7. The van der Waals surface area contributed by atoms with Gasteiger partial charge >= 0.3 is 5.97 Å². The minimum absolute atomic E-state index is 0.0286. The summed E-state index contributed by atoms with van der Waals surface area (Å²) in [6.07, 6.45) is 0.812. The fraction of sp³-hybridized carbons (Fsp3) is 0.526. The average molecular weight is 344 g/mol. The van der Waals surface area contributed by atoms with Crippen LogP contribution in [-0.2, 0) is 19.1 Å². The molecule has 2 aliphatic heterocycles. The van der Waals surface area contributed by atoms with Crippen LogP contribution in [0.2, 0.25) is 0 Å². The number of benzene rings is 1. The number of ether oxygens (including phenoxy) is 1. The smallest absolute Gasteiger partial charge is 0.313 e. The number of nitrogens with zero attached hydrogens (tertiary/aromatic N) is 2. The summed E-state index contributed by atoms with van der Waals surface area (Å²) in [5.74, 6) is -0.873. The SMILES string of the molecule is CCOC(=O)C1CCN(C(=O)C2CC(=O)N(CC)C2)c2ccccc21. The highest BCUT2D eigenvalue weighted by Crippen LogP contribution is 2.37. The van der Waals surface area contributed by atoms with Gasteiger partial charge < -0.3 is 14.5 Å². The lowest BCUT2D eigenvalue weighted by Crippen LogP contribution is -2.42. The lowest BCUT2D eigenvalue weighted by molar-refractivity contribution is -0.145. The summed E-state index contributed by atoms with van der Waals surface area (Å²) in [6.45, 7) is 5.63. The van der Waals surface area contributed by atoms with Gasteiger partial charge in [-0.25, -0.2) is 0 Å². The van der Waals surface area contributed by atoms with E-state index in [4.69, 9.17) is 4.74 Å². The average Bonchev–Trinajstić information content (AvgIpc) is 3.01. The molecular formula is C19H24N2O4. The fourth-order valence-electron chi connectivity index (χ4n) is 3.74. The molecule has 2 aliphatic rings. The van der Waals surface area contributed by atoms with Gasteiger partial charge in [0.15, 0.2) is 0 Å². The monoisotopic (exact) mass is 344 g/mol. The summed E-state index contributed by atoms with van der Waals surface area (Å²) in [5.41, 5.74) is 1.59. The molecule has 1 fully saturated rings. The van der Waals surface area contributed by atoms with E-state index < -0.39 is 0 Å². The van der Waals surface area contributed by atoms with E-state index in [-0.39, 0.29) is 36.0 Å². The van der Waals surface area contributed by atoms with Gasteiger partial charge in [0.1, 0.15) is 0 Å². The molecule has 0 radical (unpaired) electrons. The van der Waals surface area contributed by atoms with E-state index in [9.17, 15) is 14.4 Å². The van der Waals surface area contributed by atoms with Crippen molar-refractivity contribution in [2.75, 3.05) is 31.1 Å². The zero-order chi connectivity index (χ0) is 18.0. The molecule has 0 bridgehead atoms. The van der Waals surface area contributed by atoms with Crippen LogP contribution < -0.4 is 4.90 Å². The number of esters is 1. The topological polar surface area (TPSA) is 66.9 Å². The lowest BCUT2D eigenvalue weighted by Gasteiger charge is -2.34. The molecule has 6 heteroatoms. The molecule has 0 spiro atoms. The maximum absolute atomic E-state index is 13.0. The van der Waals surface area contributed by atoms with Crippen LogP contribution in [0.5, 0.6) is 0 Å². The maximum atomic E-state index is 13.0. The quantitative estimate of drug-likeness (QED) is 0.783. The molecule has 0 aliphatic carbocycles. The molecule has 2 atom stereocenters. The van der Waals surface area contributed by atoms with Crippen molar-refractivity contribution >= 4 is 23.5 Å². The number of carbonyl (C=O) groups is 3. The zero-order valence-corrected chi connectivity index (χ0v) is 14.7. The van der Waals surface area contributed by atoms with E-state index >= 15 is 0 Å². The Hall–Kier alpha value is -2.37. The first kappa shape index (κ1) is 17.5. The molecule has 25 heavy (non-hydrogen) atoms. The Labute approximate surface area is 147 Å². The molecule has 2 heterocycles. The van der Waals surface area contributed by atoms with Crippen molar-refractivity contribution in [3.63, 3.8) is 0 Å². The van der Waals surface area contributed by atoms with Gasteiger partial charge in [-0.3, -0.25) is 14.4 Å². The lowest BCUT2D eigenvalue weighted by atomic mass is 9.89. The van der Waals surface area contributed by atoms with Crippen LogP contribution >= 0.6 is 0 Å². The molecule has 2 unspecified atom stereocenters.